The van der Waals surface area contributed by atoms with Gasteiger partial charge in [0, 0.05) is 38.9 Å². The zero-order valence-electron chi connectivity index (χ0n) is 16.2. The van der Waals surface area contributed by atoms with E-state index in [1.54, 1.807) is 25.8 Å². The van der Waals surface area contributed by atoms with Crippen molar-refractivity contribution in [2.75, 3.05) is 32.7 Å². The van der Waals surface area contributed by atoms with E-state index in [0.29, 0.717) is 44.0 Å². The maximum Gasteiger partial charge on any atom is 0.317 e. The SMILES string of the molecule is CCNC(=O)N1CCN(C(=O)c2cn(-c3ccccc3)nc2-c2cccs2)CC1. The van der Waals surface area contributed by atoms with Gasteiger partial charge >= 0.3 is 6.03 Å². The van der Waals surface area contributed by atoms with Crippen molar-refractivity contribution < 1.29 is 9.59 Å². The highest BCUT2D eigenvalue weighted by Crippen LogP contribution is 2.29. The summed E-state index contributed by atoms with van der Waals surface area (Å²) in [7, 11) is 0. The lowest BCUT2D eigenvalue weighted by atomic mass is 10.1. The Morgan fingerprint density at radius 1 is 1.03 bits per heavy atom. The molecule has 0 atom stereocenters. The standard InChI is InChI=1S/C21H23N5O2S/c1-2-22-21(28)25-12-10-24(11-13-25)20(27)17-15-26(16-7-4-3-5-8-16)23-19(17)18-9-6-14-29-18/h3-9,14-15H,2,10-13H2,1H3,(H,22,28). The Balaban J connectivity index is 1.58. The van der Waals surface area contributed by atoms with Gasteiger partial charge in [0.2, 0.25) is 0 Å². The molecule has 0 radical (unpaired) electrons. The Bertz CT molecular complexity index is 976. The van der Waals surface area contributed by atoms with Gasteiger partial charge in [0.25, 0.3) is 5.91 Å². The number of carbonyl (C=O) groups excluding carboxylic acids is 2. The van der Waals surface area contributed by atoms with Gasteiger partial charge in [-0.2, -0.15) is 5.10 Å². The minimum absolute atomic E-state index is 0.0499. The first kappa shape index (κ1) is 19.2. The summed E-state index contributed by atoms with van der Waals surface area (Å²) in [5, 5.41) is 9.51. The molecule has 2 aromatic heterocycles. The summed E-state index contributed by atoms with van der Waals surface area (Å²) in [5.74, 6) is -0.0499. The molecule has 8 heteroatoms. The summed E-state index contributed by atoms with van der Waals surface area (Å²) in [6, 6.07) is 13.6. The van der Waals surface area contributed by atoms with Crippen LogP contribution < -0.4 is 5.32 Å². The first-order valence-electron chi connectivity index (χ1n) is 9.68. The highest BCUT2D eigenvalue weighted by molar-refractivity contribution is 7.13. The third-order valence-electron chi connectivity index (χ3n) is 4.90. The van der Waals surface area contributed by atoms with Gasteiger partial charge in [0.1, 0.15) is 5.69 Å². The number of nitrogens with zero attached hydrogens (tertiary/aromatic N) is 4. The van der Waals surface area contributed by atoms with Crippen molar-refractivity contribution in [3.63, 3.8) is 0 Å². The van der Waals surface area contributed by atoms with E-state index in [9.17, 15) is 9.59 Å². The van der Waals surface area contributed by atoms with Crippen LogP contribution in [0.1, 0.15) is 17.3 Å². The number of rotatable bonds is 4. The molecule has 1 saturated heterocycles. The highest BCUT2D eigenvalue weighted by Gasteiger charge is 2.28. The fourth-order valence-electron chi connectivity index (χ4n) is 3.38. The van der Waals surface area contributed by atoms with E-state index in [1.807, 2.05) is 61.0 Å². The van der Waals surface area contributed by atoms with Gasteiger partial charge in [0.05, 0.1) is 16.1 Å². The van der Waals surface area contributed by atoms with Crippen LogP contribution in [0.5, 0.6) is 0 Å². The lowest BCUT2D eigenvalue weighted by Crippen LogP contribution is -2.53. The summed E-state index contributed by atoms with van der Waals surface area (Å²) in [4.78, 5) is 29.9. The molecule has 3 aromatic rings. The molecule has 0 spiro atoms. The van der Waals surface area contributed by atoms with E-state index in [1.165, 1.54) is 0 Å². The van der Waals surface area contributed by atoms with Crippen molar-refractivity contribution in [1.82, 2.24) is 24.9 Å². The number of nitrogens with one attached hydrogen (secondary N) is 1. The number of piperazine rings is 1. The zero-order valence-corrected chi connectivity index (χ0v) is 17.1. The average molecular weight is 410 g/mol. The first-order chi connectivity index (χ1) is 14.2. The van der Waals surface area contributed by atoms with E-state index >= 15 is 0 Å². The third-order valence-corrected chi connectivity index (χ3v) is 5.78. The first-order valence-corrected chi connectivity index (χ1v) is 10.6. The number of hydrogen-bond acceptors (Lipinski definition) is 4. The summed E-state index contributed by atoms with van der Waals surface area (Å²) in [5.41, 5.74) is 2.19. The molecule has 0 aliphatic carbocycles. The molecule has 1 aliphatic rings. The smallest absolute Gasteiger partial charge is 0.317 e. The van der Waals surface area contributed by atoms with Crippen molar-refractivity contribution in [1.29, 1.82) is 0 Å². The average Bonchev–Trinajstić information content (AvgIpc) is 3.44. The minimum Gasteiger partial charge on any atom is -0.338 e. The van der Waals surface area contributed by atoms with Crippen LogP contribution >= 0.6 is 11.3 Å². The zero-order chi connectivity index (χ0) is 20.2. The van der Waals surface area contributed by atoms with Crippen molar-refractivity contribution in [3.8, 4) is 16.3 Å². The molecule has 1 aliphatic heterocycles. The summed E-state index contributed by atoms with van der Waals surface area (Å²) >= 11 is 1.56. The largest absolute Gasteiger partial charge is 0.338 e. The Kier molecular flexibility index (Phi) is 5.62. The van der Waals surface area contributed by atoms with E-state index in [-0.39, 0.29) is 11.9 Å². The number of amides is 3. The molecular formula is C21H23N5O2S. The predicted molar refractivity (Wildman–Crippen MR) is 113 cm³/mol. The lowest BCUT2D eigenvalue weighted by molar-refractivity contribution is 0.0666. The fraction of sp³-hybridized carbons (Fsp3) is 0.286. The van der Waals surface area contributed by atoms with Gasteiger partial charge in [-0.25, -0.2) is 9.48 Å². The van der Waals surface area contributed by atoms with E-state index in [4.69, 9.17) is 5.10 Å². The Hall–Kier alpha value is -3.13. The van der Waals surface area contributed by atoms with Crippen LogP contribution in [0.4, 0.5) is 4.79 Å². The molecule has 3 heterocycles. The van der Waals surface area contributed by atoms with Gasteiger partial charge in [-0.15, -0.1) is 11.3 Å². The molecule has 0 saturated carbocycles. The van der Waals surface area contributed by atoms with Crippen LogP contribution in [0.3, 0.4) is 0 Å². The summed E-state index contributed by atoms with van der Waals surface area (Å²) in [6.45, 7) is 4.57. The lowest BCUT2D eigenvalue weighted by Gasteiger charge is -2.34. The van der Waals surface area contributed by atoms with Crippen LogP contribution in [0.15, 0.2) is 54.0 Å². The van der Waals surface area contributed by atoms with Crippen molar-refractivity contribution in [2.24, 2.45) is 0 Å². The van der Waals surface area contributed by atoms with Gasteiger partial charge in [-0.3, -0.25) is 4.79 Å². The predicted octanol–water partition coefficient (Wildman–Crippen LogP) is 3.09. The van der Waals surface area contributed by atoms with Gasteiger partial charge in [-0.1, -0.05) is 24.3 Å². The number of aromatic nitrogens is 2. The number of benzene rings is 1. The summed E-state index contributed by atoms with van der Waals surface area (Å²) < 4.78 is 1.76. The third kappa shape index (κ3) is 4.02. The number of urea groups is 1. The Morgan fingerprint density at radius 3 is 2.41 bits per heavy atom. The highest BCUT2D eigenvalue weighted by atomic mass is 32.1. The number of hydrogen-bond donors (Lipinski definition) is 1. The molecule has 0 unspecified atom stereocenters. The maximum absolute atomic E-state index is 13.3. The van der Waals surface area contributed by atoms with Crippen LogP contribution in [-0.4, -0.2) is 64.2 Å². The van der Waals surface area contributed by atoms with Gasteiger partial charge in [0.15, 0.2) is 0 Å². The fourth-order valence-corrected chi connectivity index (χ4v) is 4.11. The molecule has 29 heavy (non-hydrogen) atoms. The molecule has 1 N–H and O–H groups in total. The van der Waals surface area contributed by atoms with Crippen LogP contribution in [0, 0.1) is 0 Å². The van der Waals surface area contributed by atoms with Gasteiger partial charge in [-0.05, 0) is 30.5 Å². The molecular weight excluding hydrogens is 386 g/mol. The quantitative estimate of drug-likeness (QED) is 0.720. The van der Waals surface area contributed by atoms with Crippen LogP contribution in [-0.2, 0) is 0 Å². The number of carbonyl (C=O) groups is 2. The monoisotopic (exact) mass is 409 g/mol. The van der Waals surface area contributed by atoms with E-state index < -0.39 is 0 Å². The molecule has 0 bridgehead atoms. The molecule has 4 rings (SSSR count). The van der Waals surface area contributed by atoms with E-state index in [0.717, 1.165) is 10.6 Å². The Labute approximate surface area is 173 Å². The van der Waals surface area contributed by atoms with Crippen LogP contribution in [0.25, 0.3) is 16.3 Å². The number of thiophene rings is 1. The maximum atomic E-state index is 13.3. The van der Waals surface area contributed by atoms with Crippen molar-refractivity contribution in [3.05, 3.63) is 59.6 Å². The topological polar surface area (TPSA) is 70.5 Å². The molecule has 1 aromatic carbocycles. The Morgan fingerprint density at radius 2 is 1.76 bits per heavy atom. The molecule has 7 nitrogen and oxygen atoms in total. The second-order valence-electron chi connectivity index (χ2n) is 6.76. The second kappa shape index (κ2) is 8.48. The minimum atomic E-state index is -0.0734. The molecule has 150 valence electrons. The van der Waals surface area contributed by atoms with Gasteiger partial charge < -0.3 is 15.1 Å². The summed E-state index contributed by atoms with van der Waals surface area (Å²) in [6.07, 6.45) is 1.81. The second-order valence-corrected chi connectivity index (χ2v) is 7.71. The van der Waals surface area contributed by atoms with E-state index in [2.05, 4.69) is 5.32 Å². The van der Waals surface area contributed by atoms with Crippen molar-refractivity contribution in [2.45, 2.75) is 6.92 Å². The van der Waals surface area contributed by atoms with Crippen LogP contribution in [0.2, 0.25) is 0 Å². The number of para-hydroxylation sites is 1. The molecule has 1 fully saturated rings. The normalized spacial score (nSPS) is 14.1. The van der Waals surface area contributed by atoms with Crippen molar-refractivity contribution >= 4 is 23.3 Å². The molecule has 3 amide bonds.